The topological polar surface area (TPSA) is 26.3 Å². The number of ether oxygens (including phenoxy) is 1. The van der Waals surface area contributed by atoms with Crippen LogP contribution in [0.4, 0.5) is 0 Å². The number of rotatable bonds is 9. The molecular formula is C14H24O2. The summed E-state index contributed by atoms with van der Waals surface area (Å²) < 4.78 is 5.04. The zero-order valence-electron chi connectivity index (χ0n) is 10.5. The molecule has 0 saturated carbocycles. The second kappa shape index (κ2) is 8.37. The van der Waals surface area contributed by atoms with E-state index in [-0.39, 0.29) is 5.97 Å². The van der Waals surface area contributed by atoms with Crippen molar-refractivity contribution in [2.75, 3.05) is 0 Å². The summed E-state index contributed by atoms with van der Waals surface area (Å²) in [7, 11) is 0. The summed E-state index contributed by atoms with van der Waals surface area (Å²) in [6.45, 7) is 2.25. The van der Waals surface area contributed by atoms with E-state index in [9.17, 15) is 4.79 Å². The van der Waals surface area contributed by atoms with Gasteiger partial charge in [0, 0.05) is 6.42 Å². The predicted octanol–water partition coefficient (Wildman–Crippen LogP) is 4.35. The molecule has 0 aromatic rings. The maximum Gasteiger partial charge on any atom is 0.314 e. The number of carbonyl (C=O) groups is 1. The van der Waals surface area contributed by atoms with Crippen LogP contribution in [0.25, 0.3) is 0 Å². The summed E-state index contributed by atoms with van der Waals surface area (Å²) in [4.78, 5) is 10.8. The Kier molecular flexibility index (Phi) is 6.95. The maximum absolute atomic E-state index is 10.8. The molecule has 0 fully saturated rings. The van der Waals surface area contributed by atoms with Crippen molar-refractivity contribution in [3.05, 3.63) is 11.8 Å². The molecule has 0 N–H and O–H groups in total. The minimum Gasteiger partial charge on any atom is -0.431 e. The number of cyclic esters (lactones) is 1. The summed E-state index contributed by atoms with van der Waals surface area (Å²) in [5.74, 6) is 0.811. The SMILES string of the molecule is CCCCCCCCCCC1=CCC(=O)O1. The molecule has 0 unspecified atom stereocenters. The monoisotopic (exact) mass is 224 g/mol. The summed E-state index contributed by atoms with van der Waals surface area (Å²) in [6, 6.07) is 0. The molecule has 0 saturated heterocycles. The molecule has 0 bridgehead atoms. The number of unbranched alkanes of at least 4 members (excludes halogenated alkanes) is 7. The fourth-order valence-corrected chi connectivity index (χ4v) is 2.01. The number of hydrogen-bond acceptors (Lipinski definition) is 2. The first kappa shape index (κ1) is 13.3. The summed E-state index contributed by atoms with van der Waals surface area (Å²) in [5, 5.41) is 0. The molecule has 0 spiro atoms. The Morgan fingerprint density at radius 2 is 1.69 bits per heavy atom. The van der Waals surface area contributed by atoms with Crippen molar-refractivity contribution in [2.45, 2.75) is 71.1 Å². The Morgan fingerprint density at radius 1 is 1.06 bits per heavy atom. The molecule has 2 nitrogen and oxygen atoms in total. The van der Waals surface area contributed by atoms with E-state index < -0.39 is 0 Å². The minimum absolute atomic E-state index is 0.0884. The van der Waals surface area contributed by atoms with E-state index in [2.05, 4.69) is 6.92 Å². The van der Waals surface area contributed by atoms with Gasteiger partial charge in [-0.05, 0) is 12.5 Å². The Balaban J connectivity index is 1.83. The Labute approximate surface area is 99.1 Å². The fraction of sp³-hybridized carbons (Fsp3) is 0.786. The van der Waals surface area contributed by atoms with Gasteiger partial charge in [-0.2, -0.15) is 0 Å². The quantitative estimate of drug-likeness (QED) is 0.430. The molecule has 16 heavy (non-hydrogen) atoms. The van der Waals surface area contributed by atoms with Crippen LogP contribution in [0, 0.1) is 0 Å². The number of allylic oxidation sites excluding steroid dienone is 1. The predicted molar refractivity (Wildman–Crippen MR) is 66.0 cm³/mol. The molecule has 2 heteroatoms. The van der Waals surface area contributed by atoms with Gasteiger partial charge in [0.1, 0.15) is 5.76 Å². The van der Waals surface area contributed by atoms with Gasteiger partial charge in [0.25, 0.3) is 0 Å². The van der Waals surface area contributed by atoms with Gasteiger partial charge in [0.05, 0.1) is 6.42 Å². The largest absolute Gasteiger partial charge is 0.431 e. The van der Waals surface area contributed by atoms with E-state index in [1.165, 1.54) is 44.9 Å². The van der Waals surface area contributed by atoms with Gasteiger partial charge in [0.2, 0.25) is 0 Å². The molecule has 1 heterocycles. The average molecular weight is 224 g/mol. The standard InChI is InChI=1S/C14H24O2/c1-2-3-4-5-6-7-8-9-10-13-11-12-14(15)16-13/h11H,2-10,12H2,1H3. The van der Waals surface area contributed by atoms with Crippen molar-refractivity contribution in [3.63, 3.8) is 0 Å². The summed E-state index contributed by atoms with van der Waals surface area (Å²) in [6.07, 6.45) is 13.9. The molecule has 0 aromatic heterocycles. The molecule has 1 aliphatic heterocycles. The van der Waals surface area contributed by atoms with E-state index in [1.54, 1.807) is 0 Å². The zero-order chi connectivity index (χ0) is 11.6. The first-order valence-electron chi connectivity index (χ1n) is 6.72. The van der Waals surface area contributed by atoms with E-state index in [1.807, 2.05) is 6.08 Å². The van der Waals surface area contributed by atoms with E-state index in [0.29, 0.717) is 6.42 Å². The van der Waals surface area contributed by atoms with Crippen LogP contribution in [0.1, 0.15) is 71.1 Å². The molecule has 0 atom stereocenters. The fourth-order valence-electron chi connectivity index (χ4n) is 2.01. The van der Waals surface area contributed by atoms with Gasteiger partial charge in [0.15, 0.2) is 0 Å². The van der Waals surface area contributed by atoms with E-state index in [0.717, 1.165) is 18.6 Å². The van der Waals surface area contributed by atoms with Crippen LogP contribution in [0.15, 0.2) is 11.8 Å². The highest BCUT2D eigenvalue weighted by Gasteiger charge is 2.12. The number of hydrogen-bond donors (Lipinski definition) is 0. The van der Waals surface area contributed by atoms with Crippen molar-refractivity contribution >= 4 is 5.97 Å². The van der Waals surface area contributed by atoms with Crippen molar-refractivity contribution in [1.29, 1.82) is 0 Å². The molecular weight excluding hydrogens is 200 g/mol. The van der Waals surface area contributed by atoms with Crippen LogP contribution in [0.3, 0.4) is 0 Å². The maximum atomic E-state index is 10.8. The van der Waals surface area contributed by atoms with Crippen LogP contribution < -0.4 is 0 Å². The Hall–Kier alpha value is -0.790. The lowest BCUT2D eigenvalue weighted by Crippen LogP contribution is -1.93. The normalized spacial score (nSPS) is 15.1. The highest BCUT2D eigenvalue weighted by Crippen LogP contribution is 2.18. The third kappa shape index (κ3) is 5.94. The van der Waals surface area contributed by atoms with E-state index >= 15 is 0 Å². The Bertz CT molecular complexity index is 231. The molecule has 0 aromatic carbocycles. The molecule has 0 amide bonds. The van der Waals surface area contributed by atoms with Gasteiger partial charge in [-0.3, -0.25) is 4.79 Å². The lowest BCUT2D eigenvalue weighted by molar-refractivity contribution is -0.136. The van der Waals surface area contributed by atoms with Crippen LogP contribution in [0.5, 0.6) is 0 Å². The van der Waals surface area contributed by atoms with Crippen LogP contribution in [-0.4, -0.2) is 5.97 Å². The van der Waals surface area contributed by atoms with Crippen molar-refractivity contribution in [1.82, 2.24) is 0 Å². The third-order valence-electron chi connectivity index (χ3n) is 3.02. The lowest BCUT2D eigenvalue weighted by atomic mass is 10.1. The first-order chi connectivity index (χ1) is 7.83. The highest BCUT2D eigenvalue weighted by atomic mass is 16.5. The van der Waals surface area contributed by atoms with Crippen molar-refractivity contribution < 1.29 is 9.53 Å². The third-order valence-corrected chi connectivity index (χ3v) is 3.02. The van der Waals surface area contributed by atoms with Gasteiger partial charge < -0.3 is 4.74 Å². The molecule has 0 aliphatic carbocycles. The first-order valence-corrected chi connectivity index (χ1v) is 6.72. The van der Waals surface area contributed by atoms with Gasteiger partial charge in [-0.15, -0.1) is 0 Å². The molecule has 92 valence electrons. The smallest absolute Gasteiger partial charge is 0.314 e. The second-order valence-corrected chi connectivity index (χ2v) is 4.57. The van der Waals surface area contributed by atoms with Crippen LogP contribution in [-0.2, 0) is 9.53 Å². The molecule has 1 rings (SSSR count). The van der Waals surface area contributed by atoms with Gasteiger partial charge in [-0.25, -0.2) is 0 Å². The minimum atomic E-state index is -0.0884. The molecule has 0 radical (unpaired) electrons. The Morgan fingerprint density at radius 3 is 2.25 bits per heavy atom. The van der Waals surface area contributed by atoms with Crippen molar-refractivity contribution in [3.8, 4) is 0 Å². The zero-order valence-corrected chi connectivity index (χ0v) is 10.5. The molecule has 1 aliphatic rings. The van der Waals surface area contributed by atoms with Crippen LogP contribution in [0.2, 0.25) is 0 Å². The summed E-state index contributed by atoms with van der Waals surface area (Å²) >= 11 is 0. The van der Waals surface area contributed by atoms with Gasteiger partial charge in [-0.1, -0.05) is 51.9 Å². The van der Waals surface area contributed by atoms with Crippen molar-refractivity contribution in [2.24, 2.45) is 0 Å². The van der Waals surface area contributed by atoms with E-state index in [4.69, 9.17) is 4.74 Å². The highest BCUT2D eigenvalue weighted by molar-refractivity contribution is 5.75. The average Bonchev–Trinajstić information content (AvgIpc) is 2.68. The lowest BCUT2D eigenvalue weighted by Gasteiger charge is -2.02. The van der Waals surface area contributed by atoms with Crippen LogP contribution >= 0.6 is 0 Å². The number of esters is 1. The number of carbonyl (C=O) groups excluding carboxylic acids is 1. The van der Waals surface area contributed by atoms with Gasteiger partial charge >= 0.3 is 5.97 Å². The second-order valence-electron chi connectivity index (χ2n) is 4.57. The summed E-state index contributed by atoms with van der Waals surface area (Å²) in [5.41, 5.74) is 0.